The van der Waals surface area contributed by atoms with Crippen LogP contribution in [-0.4, -0.2) is 61.7 Å². The zero-order chi connectivity index (χ0) is 26.7. The number of piperidine rings is 2. The summed E-state index contributed by atoms with van der Waals surface area (Å²) in [6.45, 7) is 4.19. The number of nitrogens with one attached hydrogen (secondary N) is 1. The second-order valence-electron chi connectivity index (χ2n) is 11.4. The Morgan fingerprint density at radius 2 is 1.89 bits per heavy atom. The Kier molecular flexibility index (Phi) is 5.97. The van der Waals surface area contributed by atoms with Crippen molar-refractivity contribution >= 4 is 5.95 Å². The summed E-state index contributed by atoms with van der Waals surface area (Å²) in [5.74, 6) is 0.0705. The molecule has 4 atom stereocenters. The fourth-order valence-electron chi connectivity index (χ4n) is 6.36. The molecule has 6 rings (SSSR count). The second-order valence-corrected chi connectivity index (χ2v) is 11.4. The highest BCUT2D eigenvalue weighted by Gasteiger charge is 2.56. The summed E-state index contributed by atoms with van der Waals surface area (Å²) in [4.78, 5) is 10.5. The highest BCUT2D eigenvalue weighted by atomic mass is 19.1. The van der Waals surface area contributed by atoms with E-state index in [1.54, 1.807) is 18.3 Å². The lowest BCUT2D eigenvalue weighted by Gasteiger charge is -2.57. The molecule has 3 aliphatic rings. The number of alkyl halides is 1. The molecule has 1 aliphatic carbocycles. The third-order valence-corrected chi connectivity index (χ3v) is 8.32. The third kappa shape index (κ3) is 4.34. The standard InChI is InChI=1S/C28H32F2N6O2/c1-27-9-4-10-28(2,35-27)25(30)22(13-27)36(17-6-7-17)26-32-15-21(33-34-26)18-8-5-16(11-23(18)37)19-12-24(38-3)31-14-20(19)29/h5,8,11-12,14-15,17,22,25,35,37H,4,6-7,9-10,13H2,1-3H3/t22-,25-,27-,28+/m1/s1. The Morgan fingerprint density at radius 3 is 2.58 bits per heavy atom. The van der Waals surface area contributed by atoms with Gasteiger partial charge in [-0.05, 0) is 70.1 Å². The van der Waals surface area contributed by atoms with Gasteiger partial charge in [0.15, 0.2) is 0 Å². The van der Waals surface area contributed by atoms with Crippen LogP contribution in [0.15, 0.2) is 36.7 Å². The van der Waals surface area contributed by atoms with Crippen molar-refractivity contribution in [3.8, 4) is 34.0 Å². The molecule has 10 heteroatoms. The highest BCUT2D eigenvalue weighted by molar-refractivity contribution is 5.74. The summed E-state index contributed by atoms with van der Waals surface area (Å²) < 4.78 is 35.5. The molecule has 0 unspecified atom stereocenters. The minimum Gasteiger partial charge on any atom is -0.507 e. The fourth-order valence-corrected chi connectivity index (χ4v) is 6.36. The molecule has 0 amide bonds. The Bertz CT molecular complexity index is 1350. The van der Waals surface area contributed by atoms with Crippen molar-refractivity contribution in [1.82, 2.24) is 25.5 Å². The first-order valence-electron chi connectivity index (χ1n) is 13.1. The van der Waals surface area contributed by atoms with E-state index >= 15 is 4.39 Å². The van der Waals surface area contributed by atoms with E-state index in [9.17, 15) is 9.50 Å². The average molecular weight is 523 g/mol. The third-order valence-electron chi connectivity index (χ3n) is 8.32. The largest absolute Gasteiger partial charge is 0.507 e. The Hall–Kier alpha value is -3.40. The van der Waals surface area contributed by atoms with Crippen molar-refractivity contribution in [2.24, 2.45) is 0 Å². The maximum atomic E-state index is 16.0. The SMILES string of the molecule is COc1cc(-c2ccc(-c3cnc(N(C4CC4)[C@@H]4C[C@@]5(C)CCC[C@](C)(N5)[C@@H]4F)nn3)c(O)c2)c(F)cn1. The molecule has 38 heavy (non-hydrogen) atoms. The molecule has 4 heterocycles. The summed E-state index contributed by atoms with van der Waals surface area (Å²) in [6.07, 6.45) is 7.08. The number of benzene rings is 1. The van der Waals surface area contributed by atoms with Crippen LogP contribution >= 0.6 is 0 Å². The predicted molar refractivity (Wildman–Crippen MR) is 139 cm³/mol. The van der Waals surface area contributed by atoms with E-state index < -0.39 is 17.5 Å². The number of fused-ring (bicyclic) bond motifs is 2. The first-order chi connectivity index (χ1) is 18.2. The maximum Gasteiger partial charge on any atom is 0.245 e. The monoisotopic (exact) mass is 522 g/mol. The molecule has 2 saturated heterocycles. The average Bonchev–Trinajstić information content (AvgIpc) is 3.73. The van der Waals surface area contributed by atoms with Crippen LogP contribution in [-0.2, 0) is 0 Å². The number of nitrogens with zero attached hydrogens (tertiary/aromatic N) is 5. The minimum atomic E-state index is -1.05. The van der Waals surface area contributed by atoms with Gasteiger partial charge in [-0.25, -0.2) is 18.7 Å². The van der Waals surface area contributed by atoms with Gasteiger partial charge in [-0.3, -0.25) is 0 Å². The smallest absolute Gasteiger partial charge is 0.245 e. The minimum absolute atomic E-state index is 0.0866. The van der Waals surface area contributed by atoms with Gasteiger partial charge in [0, 0.05) is 34.3 Å². The van der Waals surface area contributed by atoms with Crippen LogP contribution in [0.2, 0.25) is 0 Å². The van der Waals surface area contributed by atoms with Crippen LogP contribution in [0.25, 0.3) is 22.4 Å². The number of aromatic hydroxyl groups is 1. The van der Waals surface area contributed by atoms with E-state index in [1.165, 1.54) is 19.2 Å². The number of phenols is 1. The van der Waals surface area contributed by atoms with Crippen molar-refractivity contribution in [3.05, 3.63) is 42.5 Å². The second kappa shape index (κ2) is 9.11. The number of phenolic OH excluding ortho intramolecular Hbond substituents is 1. The van der Waals surface area contributed by atoms with Crippen molar-refractivity contribution in [2.75, 3.05) is 12.0 Å². The van der Waals surface area contributed by atoms with Crippen LogP contribution in [0.4, 0.5) is 14.7 Å². The van der Waals surface area contributed by atoms with Crippen molar-refractivity contribution in [3.63, 3.8) is 0 Å². The van der Waals surface area contributed by atoms with E-state index in [0.29, 0.717) is 29.2 Å². The van der Waals surface area contributed by atoms with Crippen LogP contribution in [0.5, 0.6) is 11.6 Å². The number of halogens is 2. The first kappa shape index (κ1) is 24.9. The molecular formula is C28H32F2N6O2. The quantitative estimate of drug-likeness (QED) is 0.476. The fraction of sp³-hybridized carbons (Fsp3) is 0.500. The van der Waals surface area contributed by atoms with Crippen molar-refractivity contribution in [2.45, 2.75) is 81.7 Å². The number of ether oxygens (including phenoxy) is 1. The molecule has 3 aromatic rings. The molecule has 0 radical (unpaired) electrons. The topological polar surface area (TPSA) is 96.3 Å². The first-order valence-corrected chi connectivity index (χ1v) is 13.1. The molecule has 3 fully saturated rings. The van der Waals surface area contributed by atoms with E-state index in [2.05, 4.69) is 32.4 Å². The van der Waals surface area contributed by atoms with E-state index in [0.717, 1.165) is 38.3 Å². The number of aromatic nitrogens is 4. The lowest BCUT2D eigenvalue weighted by Crippen LogP contribution is -2.73. The number of anilines is 1. The molecule has 0 spiro atoms. The summed E-state index contributed by atoms with van der Waals surface area (Å²) in [5, 5.41) is 23.1. The van der Waals surface area contributed by atoms with Crippen LogP contribution in [0, 0.1) is 5.82 Å². The van der Waals surface area contributed by atoms with Gasteiger partial charge >= 0.3 is 0 Å². The van der Waals surface area contributed by atoms with Crippen molar-refractivity contribution < 1.29 is 18.6 Å². The summed E-state index contributed by atoms with van der Waals surface area (Å²) in [7, 11) is 1.45. The number of methoxy groups -OCH3 is 1. The van der Waals surface area contributed by atoms with Gasteiger partial charge in [-0.2, -0.15) is 0 Å². The van der Waals surface area contributed by atoms with Crippen LogP contribution in [0.1, 0.15) is 52.4 Å². The Labute approximate surface area is 220 Å². The molecule has 1 aromatic carbocycles. The molecule has 1 saturated carbocycles. The number of hydrogen-bond acceptors (Lipinski definition) is 8. The van der Waals surface area contributed by atoms with Crippen LogP contribution in [0.3, 0.4) is 0 Å². The summed E-state index contributed by atoms with van der Waals surface area (Å²) >= 11 is 0. The predicted octanol–water partition coefficient (Wildman–Crippen LogP) is 4.82. The van der Waals surface area contributed by atoms with Gasteiger partial charge in [0.1, 0.15) is 23.4 Å². The normalized spacial score (nSPS) is 28.7. The lowest BCUT2D eigenvalue weighted by molar-refractivity contribution is 0.0000874. The molecule has 200 valence electrons. The van der Waals surface area contributed by atoms with Gasteiger partial charge in [0.2, 0.25) is 11.8 Å². The number of rotatable bonds is 6. The lowest BCUT2D eigenvalue weighted by atomic mass is 9.68. The Morgan fingerprint density at radius 1 is 1.08 bits per heavy atom. The molecule has 8 nitrogen and oxygen atoms in total. The zero-order valence-corrected chi connectivity index (χ0v) is 21.8. The zero-order valence-electron chi connectivity index (χ0n) is 21.8. The van der Waals surface area contributed by atoms with Gasteiger partial charge < -0.3 is 20.1 Å². The van der Waals surface area contributed by atoms with Gasteiger partial charge in [0.25, 0.3) is 0 Å². The number of hydrogen-bond donors (Lipinski definition) is 2. The Balaban J connectivity index is 1.28. The highest BCUT2D eigenvalue weighted by Crippen LogP contribution is 2.46. The molecule has 2 aromatic heterocycles. The van der Waals surface area contributed by atoms with Gasteiger partial charge in [0.05, 0.1) is 25.5 Å². The summed E-state index contributed by atoms with van der Waals surface area (Å²) in [5.41, 5.74) is 0.829. The van der Waals surface area contributed by atoms with Gasteiger partial charge in [-0.1, -0.05) is 6.07 Å². The molecule has 2 aliphatic heterocycles. The van der Waals surface area contributed by atoms with Crippen LogP contribution < -0.4 is 15.0 Å². The maximum absolute atomic E-state index is 16.0. The molecule has 2 bridgehead atoms. The van der Waals surface area contributed by atoms with Crippen molar-refractivity contribution in [1.29, 1.82) is 0 Å². The van der Waals surface area contributed by atoms with E-state index in [1.807, 2.05) is 11.8 Å². The van der Waals surface area contributed by atoms with E-state index in [-0.39, 0.29) is 34.8 Å². The molecular weight excluding hydrogens is 490 g/mol. The van der Waals surface area contributed by atoms with Gasteiger partial charge in [-0.15, -0.1) is 10.2 Å². The molecule has 2 N–H and O–H groups in total. The summed E-state index contributed by atoms with van der Waals surface area (Å²) in [6, 6.07) is 6.14. The van der Waals surface area contributed by atoms with E-state index in [4.69, 9.17) is 4.74 Å². The number of pyridine rings is 1.